The zero-order chi connectivity index (χ0) is 12.3. The minimum Gasteiger partial charge on any atom is -0.302 e. The Morgan fingerprint density at radius 2 is 2.29 bits per heavy atom. The van der Waals surface area contributed by atoms with Crippen molar-refractivity contribution in [2.75, 3.05) is 27.2 Å². The lowest BCUT2D eigenvalue weighted by Crippen LogP contribution is -2.36. The summed E-state index contributed by atoms with van der Waals surface area (Å²) >= 11 is 3.52. The minimum atomic E-state index is 0.743. The number of hydrogen-bond donors (Lipinski definition) is 0. The fourth-order valence-electron chi connectivity index (χ4n) is 2.58. The molecule has 0 bridgehead atoms. The van der Waals surface area contributed by atoms with Crippen molar-refractivity contribution in [1.29, 1.82) is 0 Å². The van der Waals surface area contributed by atoms with Crippen molar-refractivity contribution in [3.8, 4) is 0 Å². The van der Waals surface area contributed by atoms with Gasteiger partial charge in [0.1, 0.15) is 0 Å². The molecule has 1 aliphatic rings. The first-order valence-corrected chi connectivity index (χ1v) is 7.07. The van der Waals surface area contributed by atoms with E-state index in [1.54, 1.807) is 0 Å². The second-order valence-corrected chi connectivity index (χ2v) is 6.02. The monoisotopic (exact) mass is 296 g/mol. The van der Waals surface area contributed by atoms with Crippen LogP contribution in [0.25, 0.3) is 0 Å². The van der Waals surface area contributed by atoms with E-state index in [1.165, 1.54) is 36.0 Å². The predicted octanol–water partition coefficient (Wildman–Crippen LogP) is 2.98. The van der Waals surface area contributed by atoms with Gasteiger partial charge in [-0.05, 0) is 51.2 Å². The Morgan fingerprint density at radius 3 is 2.94 bits per heavy atom. The Hall–Kier alpha value is -0.380. The maximum atomic E-state index is 3.52. The Labute approximate surface area is 113 Å². The first kappa shape index (κ1) is 13.1. The quantitative estimate of drug-likeness (QED) is 0.843. The van der Waals surface area contributed by atoms with Crippen molar-refractivity contribution < 1.29 is 0 Å². The fourth-order valence-corrected chi connectivity index (χ4v) is 3.03. The van der Waals surface area contributed by atoms with Gasteiger partial charge in [0.25, 0.3) is 0 Å². The summed E-state index contributed by atoms with van der Waals surface area (Å²) in [5.41, 5.74) is 1.38. The highest BCUT2D eigenvalue weighted by atomic mass is 79.9. The molecular weight excluding hydrogens is 276 g/mol. The molecule has 0 amide bonds. The van der Waals surface area contributed by atoms with Gasteiger partial charge < -0.3 is 9.80 Å². The summed E-state index contributed by atoms with van der Waals surface area (Å²) in [6, 6.07) is 9.32. The van der Waals surface area contributed by atoms with Crippen LogP contribution in [0.2, 0.25) is 0 Å². The van der Waals surface area contributed by atoms with E-state index in [0.29, 0.717) is 0 Å². The summed E-state index contributed by atoms with van der Waals surface area (Å²) in [4.78, 5) is 4.91. The van der Waals surface area contributed by atoms with Crippen molar-refractivity contribution in [1.82, 2.24) is 9.80 Å². The van der Waals surface area contributed by atoms with Gasteiger partial charge >= 0.3 is 0 Å². The molecule has 2 nitrogen and oxygen atoms in total. The van der Waals surface area contributed by atoms with Crippen molar-refractivity contribution in [2.24, 2.45) is 0 Å². The predicted molar refractivity (Wildman–Crippen MR) is 76.1 cm³/mol. The van der Waals surface area contributed by atoms with Crippen molar-refractivity contribution >= 4 is 15.9 Å². The van der Waals surface area contributed by atoms with Crippen molar-refractivity contribution in [3.05, 3.63) is 34.3 Å². The molecule has 3 heteroatoms. The molecule has 17 heavy (non-hydrogen) atoms. The summed E-state index contributed by atoms with van der Waals surface area (Å²) in [7, 11) is 4.46. The highest BCUT2D eigenvalue weighted by Crippen LogP contribution is 2.17. The third kappa shape index (κ3) is 3.80. The van der Waals surface area contributed by atoms with E-state index in [-0.39, 0.29) is 0 Å². The molecule has 1 aromatic rings. The van der Waals surface area contributed by atoms with Crippen LogP contribution in [-0.4, -0.2) is 43.0 Å². The summed E-state index contributed by atoms with van der Waals surface area (Å²) in [6.07, 6.45) is 2.70. The zero-order valence-corrected chi connectivity index (χ0v) is 12.3. The molecule has 0 aliphatic carbocycles. The standard InChI is InChI=1S/C14H21BrN2/c1-16(11-14-7-4-8-17(14)2)10-12-5-3-6-13(15)9-12/h3,5-6,9,14H,4,7-8,10-11H2,1-2H3. The molecule has 1 aromatic carbocycles. The van der Waals surface area contributed by atoms with Gasteiger partial charge in [0.05, 0.1) is 0 Å². The SMILES string of the molecule is CN(Cc1cccc(Br)c1)CC1CCCN1C. The molecule has 1 saturated heterocycles. The molecule has 0 N–H and O–H groups in total. The number of halogens is 1. The van der Waals surface area contributed by atoms with Crippen LogP contribution in [-0.2, 0) is 6.54 Å². The normalized spacial score (nSPS) is 21.3. The highest BCUT2D eigenvalue weighted by Gasteiger charge is 2.21. The number of benzene rings is 1. The van der Waals surface area contributed by atoms with Crippen LogP contribution in [0.4, 0.5) is 0 Å². The van der Waals surface area contributed by atoms with E-state index in [9.17, 15) is 0 Å². The van der Waals surface area contributed by atoms with E-state index in [1.807, 2.05) is 0 Å². The highest BCUT2D eigenvalue weighted by molar-refractivity contribution is 9.10. The van der Waals surface area contributed by atoms with Gasteiger partial charge in [0.2, 0.25) is 0 Å². The summed E-state index contributed by atoms with van der Waals surface area (Å²) in [5.74, 6) is 0. The van der Waals surface area contributed by atoms with Crippen LogP contribution < -0.4 is 0 Å². The van der Waals surface area contributed by atoms with Gasteiger partial charge in [-0.3, -0.25) is 0 Å². The first-order valence-electron chi connectivity index (χ1n) is 6.28. The van der Waals surface area contributed by atoms with Gasteiger partial charge in [-0.15, -0.1) is 0 Å². The molecule has 94 valence electrons. The second-order valence-electron chi connectivity index (χ2n) is 5.10. The van der Waals surface area contributed by atoms with E-state index in [0.717, 1.165) is 12.6 Å². The lowest BCUT2D eigenvalue weighted by molar-refractivity contribution is 0.215. The topological polar surface area (TPSA) is 6.48 Å². The fraction of sp³-hybridized carbons (Fsp3) is 0.571. The first-order chi connectivity index (χ1) is 8.15. The molecule has 1 aliphatic heterocycles. The van der Waals surface area contributed by atoms with Crippen LogP contribution in [0.5, 0.6) is 0 Å². The number of likely N-dealkylation sites (N-methyl/N-ethyl adjacent to an activating group) is 2. The number of hydrogen-bond acceptors (Lipinski definition) is 2. The lowest BCUT2D eigenvalue weighted by atomic mass is 10.2. The lowest BCUT2D eigenvalue weighted by Gasteiger charge is -2.25. The number of rotatable bonds is 4. The van der Waals surface area contributed by atoms with Crippen LogP contribution in [0, 0.1) is 0 Å². The third-order valence-corrected chi connectivity index (χ3v) is 4.03. The summed E-state index contributed by atoms with van der Waals surface area (Å²) in [6.45, 7) is 3.46. The number of nitrogens with zero attached hydrogens (tertiary/aromatic N) is 2. The average molecular weight is 297 g/mol. The van der Waals surface area contributed by atoms with Crippen LogP contribution in [0.15, 0.2) is 28.7 Å². The maximum Gasteiger partial charge on any atom is 0.0231 e. The van der Waals surface area contributed by atoms with Gasteiger partial charge in [-0.2, -0.15) is 0 Å². The number of likely N-dealkylation sites (tertiary alicyclic amines) is 1. The Morgan fingerprint density at radius 1 is 1.47 bits per heavy atom. The average Bonchev–Trinajstić information content (AvgIpc) is 2.64. The minimum absolute atomic E-state index is 0.743. The van der Waals surface area contributed by atoms with E-state index >= 15 is 0 Å². The van der Waals surface area contributed by atoms with Gasteiger partial charge in [-0.1, -0.05) is 28.1 Å². The molecule has 0 aromatic heterocycles. The van der Waals surface area contributed by atoms with E-state index in [4.69, 9.17) is 0 Å². The molecule has 0 spiro atoms. The Kier molecular flexibility index (Phi) is 4.60. The summed E-state index contributed by atoms with van der Waals surface area (Å²) < 4.78 is 1.17. The molecular formula is C14H21BrN2. The maximum absolute atomic E-state index is 3.52. The molecule has 1 fully saturated rings. The summed E-state index contributed by atoms with van der Waals surface area (Å²) in [5, 5.41) is 0. The third-order valence-electron chi connectivity index (χ3n) is 3.54. The molecule has 1 atom stereocenters. The molecule has 0 radical (unpaired) electrons. The van der Waals surface area contributed by atoms with Gasteiger partial charge in [-0.25, -0.2) is 0 Å². The largest absolute Gasteiger partial charge is 0.302 e. The second kappa shape index (κ2) is 5.98. The zero-order valence-electron chi connectivity index (χ0n) is 10.7. The molecule has 0 saturated carbocycles. The Bertz CT molecular complexity index is 367. The Balaban J connectivity index is 1.86. The smallest absolute Gasteiger partial charge is 0.0231 e. The van der Waals surface area contributed by atoms with Gasteiger partial charge in [0, 0.05) is 23.6 Å². The van der Waals surface area contributed by atoms with Crippen molar-refractivity contribution in [3.63, 3.8) is 0 Å². The molecule has 1 heterocycles. The van der Waals surface area contributed by atoms with Crippen LogP contribution in [0.1, 0.15) is 18.4 Å². The van der Waals surface area contributed by atoms with E-state index < -0.39 is 0 Å². The van der Waals surface area contributed by atoms with Crippen molar-refractivity contribution in [2.45, 2.75) is 25.4 Å². The van der Waals surface area contributed by atoms with Crippen LogP contribution >= 0.6 is 15.9 Å². The van der Waals surface area contributed by atoms with E-state index in [2.05, 4.69) is 64.1 Å². The van der Waals surface area contributed by atoms with Crippen LogP contribution in [0.3, 0.4) is 0 Å². The molecule has 1 unspecified atom stereocenters. The molecule has 2 rings (SSSR count). The van der Waals surface area contributed by atoms with Gasteiger partial charge in [0.15, 0.2) is 0 Å².